The van der Waals surface area contributed by atoms with Crippen LogP contribution in [0.25, 0.3) is 0 Å². The van der Waals surface area contributed by atoms with Gasteiger partial charge in [-0.2, -0.15) is 0 Å². The number of nitrogens with one attached hydrogen (secondary N) is 1. The summed E-state index contributed by atoms with van der Waals surface area (Å²) in [7, 11) is 2.78. The predicted octanol–water partition coefficient (Wildman–Crippen LogP) is 1.02. The molecule has 0 aromatic heterocycles. The number of rotatable bonds is 4. The van der Waals surface area contributed by atoms with Crippen LogP contribution < -0.4 is 5.32 Å². The molecule has 1 aliphatic rings. The van der Waals surface area contributed by atoms with Gasteiger partial charge in [-0.1, -0.05) is 18.2 Å². The van der Waals surface area contributed by atoms with Gasteiger partial charge in [0.1, 0.15) is 12.4 Å². The SMILES string of the molecule is COC(=O)CNC(=O)[C@@H]1CCC(=O)N(C)[C@H]1c1ccccc1F. The number of hydrogen-bond donors (Lipinski definition) is 1. The number of piperidine rings is 1. The standard InChI is InChI=1S/C16H19FN2O4/c1-19-13(20)8-7-11(16(22)18-9-14(21)23-2)15(19)10-5-3-4-6-12(10)17/h3-6,11,15H,7-9H2,1-2H3,(H,18,22)/t11-,15+/m1/s1. The van der Waals surface area contributed by atoms with Gasteiger partial charge in [-0.3, -0.25) is 14.4 Å². The smallest absolute Gasteiger partial charge is 0.325 e. The first-order valence-corrected chi connectivity index (χ1v) is 7.30. The molecule has 23 heavy (non-hydrogen) atoms. The molecule has 6 nitrogen and oxygen atoms in total. The number of amides is 2. The van der Waals surface area contributed by atoms with Crippen molar-refractivity contribution in [3.8, 4) is 0 Å². The Bertz CT molecular complexity index is 620. The Labute approximate surface area is 133 Å². The molecule has 124 valence electrons. The lowest BCUT2D eigenvalue weighted by atomic mass is 9.83. The minimum atomic E-state index is -0.699. The Morgan fingerprint density at radius 3 is 2.74 bits per heavy atom. The number of esters is 1. The molecule has 1 saturated heterocycles. The second-order valence-corrected chi connectivity index (χ2v) is 5.41. The molecule has 0 saturated carbocycles. The summed E-state index contributed by atoms with van der Waals surface area (Å²) in [5, 5.41) is 2.48. The first kappa shape index (κ1) is 16.9. The molecule has 1 heterocycles. The monoisotopic (exact) mass is 322 g/mol. The van der Waals surface area contributed by atoms with Crippen LogP contribution in [0.1, 0.15) is 24.4 Å². The number of ether oxygens (including phenoxy) is 1. The maximum atomic E-state index is 14.1. The number of methoxy groups -OCH3 is 1. The number of hydrogen-bond acceptors (Lipinski definition) is 4. The first-order valence-electron chi connectivity index (χ1n) is 7.30. The van der Waals surface area contributed by atoms with E-state index in [1.54, 1.807) is 25.2 Å². The van der Waals surface area contributed by atoms with Crippen LogP contribution in [0.5, 0.6) is 0 Å². The van der Waals surface area contributed by atoms with Crippen molar-refractivity contribution in [3.05, 3.63) is 35.6 Å². The molecule has 0 unspecified atom stereocenters. The summed E-state index contributed by atoms with van der Waals surface area (Å²) in [4.78, 5) is 36.9. The van der Waals surface area contributed by atoms with E-state index < -0.39 is 29.7 Å². The molecule has 1 aromatic carbocycles. The molecule has 1 fully saturated rings. The van der Waals surface area contributed by atoms with Crippen molar-refractivity contribution in [2.75, 3.05) is 20.7 Å². The molecular weight excluding hydrogens is 303 g/mol. The average Bonchev–Trinajstić information content (AvgIpc) is 2.55. The van der Waals surface area contributed by atoms with Gasteiger partial charge in [0.05, 0.1) is 19.1 Å². The normalized spacial score (nSPS) is 21.0. The highest BCUT2D eigenvalue weighted by Gasteiger charge is 2.40. The molecule has 2 amide bonds. The molecule has 1 N–H and O–H groups in total. The quantitative estimate of drug-likeness (QED) is 0.840. The Kier molecular flexibility index (Phi) is 5.31. The second kappa shape index (κ2) is 7.21. The van der Waals surface area contributed by atoms with E-state index in [1.807, 2.05) is 0 Å². The Morgan fingerprint density at radius 2 is 2.09 bits per heavy atom. The van der Waals surface area contributed by atoms with Crippen molar-refractivity contribution in [1.29, 1.82) is 0 Å². The van der Waals surface area contributed by atoms with Gasteiger partial charge in [0, 0.05) is 19.0 Å². The molecule has 1 aromatic rings. The third kappa shape index (κ3) is 3.67. The summed E-state index contributed by atoms with van der Waals surface area (Å²) < 4.78 is 18.6. The highest BCUT2D eigenvalue weighted by atomic mass is 19.1. The van der Waals surface area contributed by atoms with E-state index in [0.29, 0.717) is 12.0 Å². The van der Waals surface area contributed by atoms with Crippen molar-refractivity contribution in [1.82, 2.24) is 10.2 Å². The molecule has 0 spiro atoms. The zero-order chi connectivity index (χ0) is 17.0. The van der Waals surface area contributed by atoms with E-state index in [9.17, 15) is 18.8 Å². The van der Waals surface area contributed by atoms with Crippen LogP contribution in [-0.4, -0.2) is 43.4 Å². The summed E-state index contributed by atoms with van der Waals surface area (Å²) >= 11 is 0. The average molecular weight is 322 g/mol. The fourth-order valence-corrected chi connectivity index (χ4v) is 2.82. The number of carbonyl (C=O) groups is 3. The molecule has 2 atom stereocenters. The summed E-state index contributed by atoms with van der Waals surface area (Å²) in [5.74, 6) is -2.21. The van der Waals surface area contributed by atoms with E-state index in [1.165, 1.54) is 18.1 Å². The second-order valence-electron chi connectivity index (χ2n) is 5.41. The number of halogens is 1. The van der Waals surface area contributed by atoms with Crippen LogP contribution in [0, 0.1) is 11.7 Å². The summed E-state index contributed by atoms with van der Waals surface area (Å²) in [6, 6.07) is 5.38. The van der Waals surface area contributed by atoms with Gasteiger partial charge in [0.2, 0.25) is 11.8 Å². The minimum absolute atomic E-state index is 0.143. The first-order chi connectivity index (χ1) is 11.0. The van der Waals surface area contributed by atoms with Gasteiger partial charge in [-0.05, 0) is 12.5 Å². The Hall–Kier alpha value is -2.44. The van der Waals surface area contributed by atoms with Crippen LogP contribution in [0.3, 0.4) is 0 Å². The molecular formula is C16H19FN2O4. The van der Waals surface area contributed by atoms with Crippen LogP contribution >= 0.6 is 0 Å². The number of nitrogens with zero attached hydrogens (tertiary/aromatic N) is 1. The van der Waals surface area contributed by atoms with Gasteiger partial charge in [-0.15, -0.1) is 0 Å². The zero-order valence-electron chi connectivity index (χ0n) is 13.0. The largest absolute Gasteiger partial charge is 0.468 e. The number of benzene rings is 1. The molecule has 0 radical (unpaired) electrons. The fraction of sp³-hybridized carbons (Fsp3) is 0.438. The third-order valence-electron chi connectivity index (χ3n) is 4.06. The maximum absolute atomic E-state index is 14.1. The van der Waals surface area contributed by atoms with Crippen molar-refractivity contribution in [2.24, 2.45) is 5.92 Å². The van der Waals surface area contributed by atoms with E-state index >= 15 is 0 Å². The summed E-state index contributed by atoms with van der Waals surface area (Å²) in [6.45, 7) is -0.256. The van der Waals surface area contributed by atoms with Crippen LogP contribution in [0.15, 0.2) is 24.3 Å². The van der Waals surface area contributed by atoms with Crippen molar-refractivity contribution in [2.45, 2.75) is 18.9 Å². The molecule has 0 aliphatic carbocycles. The van der Waals surface area contributed by atoms with E-state index in [4.69, 9.17) is 0 Å². The number of likely N-dealkylation sites (tertiary alicyclic amines) is 1. The minimum Gasteiger partial charge on any atom is -0.468 e. The molecule has 1 aliphatic heterocycles. The fourth-order valence-electron chi connectivity index (χ4n) is 2.82. The zero-order valence-corrected chi connectivity index (χ0v) is 13.0. The van der Waals surface area contributed by atoms with Crippen molar-refractivity contribution >= 4 is 17.8 Å². The summed E-state index contributed by atoms with van der Waals surface area (Å²) in [6.07, 6.45) is 0.507. The van der Waals surface area contributed by atoms with Crippen molar-refractivity contribution in [3.63, 3.8) is 0 Å². The van der Waals surface area contributed by atoms with Crippen LogP contribution in [0.2, 0.25) is 0 Å². The maximum Gasteiger partial charge on any atom is 0.325 e. The van der Waals surface area contributed by atoms with Crippen molar-refractivity contribution < 1.29 is 23.5 Å². The Balaban J connectivity index is 2.25. The molecule has 7 heteroatoms. The van der Waals surface area contributed by atoms with E-state index in [-0.39, 0.29) is 18.9 Å². The third-order valence-corrected chi connectivity index (χ3v) is 4.06. The van der Waals surface area contributed by atoms with Crippen LogP contribution in [-0.2, 0) is 19.1 Å². The number of carbonyl (C=O) groups excluding carboxylic acids is 3. The molecule has 2 rings (SSSR count). The Morgan fingerprint density at radius 1 is 1.39 bits per heavy atom. The topological polar surface area (TPSA) is 75.7 Å². The van der Waals surface area contributed by atoms with Crippen LogP contribution in [0.4, 0.5) is 4.39 Å². The van der Waals surface area contributed by atoms with Gasteiger partial charge in [-0.25, -0.2) is 4.39 Å². The highest BCUT2D eigenvalue weighted by molar-refractivity contribution is 5.87. The van der Waals surface area contributed by atoms with Gasteiger partial charge in [0.25, 0.3) is 0 Å². The lowest BCUT2D eigenvalue weighted by Gasteiger charge is -2.38. The van der Waals surface area contributed by atoms with Gasteiger partial charge < -0.3 is 15.0 Å². The van der Waals surface area contributed by atoms with Gasteiger partial charge in [0.15, 0.2) is 0 Å². The predicted molar refractivity (Wildman–Crippen MR) is 79.7 cm³/mol. The van der Waals surface area contributed by atoms with E-state index in [0.717, 1.165) is 0 Å². The lowest BCUT2D eigenvalue weighted by Crippen LogP contribution is -2.47. The summed E-state index contributed by atoms with van der Waals surface area (Å²) in [5.41, 5.74) is 0.293. The molecule has 0 bridgehead atoms. The highest BCUT2D eigenvalue weighted by Crippen LogP contribution is 2.36. The van der Waals surface area contributed by atoms with Gasteiger partial charge >= 0.3 is 5.97 Å². The van der Waals surface area contributed by atoms with E-state index in [2.05, 4.69) is 10.1 Å². The lowest BCUT2D eigenvalue weighted by molar-refractivity contribution is -0.145.